The predicted octanol–water partition coefficient (Wildman–Crippen LogP) is 5.97. The third kappa shape index (κ3) is 8.12. The summed E-state index contributed by atoms with van der Waals surface area (Å²) in [6.45, 7) is 4.41. The van der Waals surface area contributed by atoms with Crippen LogP contribution in [0.5, 0.6) is 0 Å². The van der Waals surface area contributed by atoms with Crippen molar-refractivity contribution in [2.75, 3.05) is 0 Å². The van der Waals surface area contributed by atoms with Gasteiger partial charge >= 0.3 is 5.97 Å². The van der Waals surface area contributed by atoms with E-state index in [1.54, 1.807) is 6.92 Å². The molecule has 4 aromatic rings. The highest BCUT2D eigenvalue weighted by Crippen LogP contribution is 2.30. The molecule has 0 aliphatic heterocycles. The molecular weight excluding hydrogens is 562 g/mol. The zero-order valence-electron chi connectivity index (χ0n) is 23.7. The summed E-state index contributed by atoms with van der Waals surface area (Å²) in [5.74, 6) is 1.02. The van der Waals surface area contributed by atoms with Gasteiger partial charge < -0.3 is 14.1 Å². The number of H-pyrrole nitrogens is 1. The summed E-state index contributed by atoms with van der Waals surface area (Å²) in [4.78, 5) is 32.3. The van der Waals surface area contributed by atoms with Gasteiger partial charge in [0.05, 0.1) is 5.69 Å². The number of tetrazole rings is 1. The number of nitrogens with zero attached hydrogens (tertiary/aromatic N) is 6. The molecule has 0 radical (unpaired) electrons. The quantitative estimate of drug-likeness (QED) is 0.0937. The van der Waals surface area contributed by atoms with Crippen molar-refractivity contribution in [2.24, 2.45) is 0 Å². The Hall–Kier alpha value is -4.32. The summed E-state index contributed by atoms with van der Waals surface area (Å²) in [6, 6.07) is 16.1. The average molecular weight is 596 g/mol. The molecule has 0 amide bonds. The number of carbonyl (C=O) groups is 1. The van der Waals surface area contributed by atoms with Gasteiger partial charge in [0.25, 0.3) is 5.09 Å². The number of hydrogen-bond acceptors (Lipinski definition) is 9. The van der Waals surface area contributed by atoms with Crippen LogP contribution in [0.4, 0.5) is 0 Å². The van der Waals surface area contributed by atoms with Gasteiger partial charge in [-0.3, -0.25) is 4.79 Å². The van der Waals surface area contributed by atoms with Gasteiger partial charge in [0, 0.05) is 24.9 Å². The Kier molecular flexibility index (Phi) is 11.0. The molecule has 0 bridgehead atoms. The molecular formula is C29H34ClN7O5. The lowest BCUT2D eigenvalue weighted by atomic mass is 9.98. The Morgan fingerprint density at radius 3 is 2.55 bits per heavy atom. The van der Waals surface area contributed by atoms with Crippen molar-refractivity contribution in [1.29, 1.82) is 0 Å². The van der Waals surface area contributed by atoms with E-state index >= 15 is 0 Å². The number of benzene rings is 2. The zero-order chi connectivity index (χ0) is 29.9. The normalized spacial score (nSPS) is 11.8. The number of aromatic nitrogens is 6. The molecule has 0 fully saturated rings. The lowest BCUT2D eigenvalue weighted by molar-refractivity contribution is -0.768. The smallest absolute Gasteiger partial charge is 0.306 e. The molecule has 12 nitrogen and oxygen atoms in total. The summed E-state index contributed by atoms with van der Waals surface area (Å²) in [5.41, 5.74) is 4.58. The fourth-order valence-electron chi connectivity index (χ4n) is 4.69. The van der Waals surface area contributed by atoms with Gasteiger partial charge in [-0.05, 0) is 52.8 Å². The molecule has 0 aliphatic rings. The number of unbranched alkanes of at least 4 members (excludes halogenated alkanes) is 1. The Labute approximate surface area is 248 Å². The van der Waals surface area contributed by atoms with Crippen molar-refractivity contribution >= 4 is 17.6 Å². The fourth-order valence-corrected chi connectivity index (χ4v) is 4.94. The topological polar surface area (TPSA) is 151 Å². The Morgan fingerprint density at radius 2 is 1.88 bits per heavy atom. The van der Waals surface area contributed by atoms with E-state index in [9.17, 15) is 14.9 Å². The summed E-state index contributed by atoms with van der Waals surface area (Å²) in [5, 5.41) is 24.4. The maximum Gasteiger partial charge on any atom is 0.306 e. The summed E-state index contributed by atoms with van der Waals surface area (Å²) in [6.07, 6.45) is 3.58. The second-order valence-corrected chi connectivity index (χ2v) is 10.2. The number of rotatable bonds is 16. The van der Waals surface area contributed by atoms with Gasteiger partial charge in [-0.1, -0.05) is 80.4 Å². The van der Waals surface area contributed by atoms with E-state index in [4.69, 9.17) is 16.3 Å². The molecule has 0 saturated carbocycles. The van der Waals surface area contributed by atoms with Crippen LogP contribution < -0.4 is 0 Å². The van der Waals surface area contributed by atoms with Crippen LogP contribution in [0.2, 0.25) is 5.15 Å². The fraction of sp³-hybridized carbons (Fsp3) is 0.414. The van der Waals surface area contributed by atoms with Gasteiger partial charge in [0.15, 0.2) is 11.0 Å². The van der Waals surface area contributed by atoms with Gasteiger partial charge in [0.1, 0.15) is 18.5 Å². The van der Waals surface area contributed by atoms with Crippen LogP contribution in [0.3, 0.4) is 0 Å². The van der Waals surface area contributed by atoms with Crippen LogP contribution in [0, 0.1) is 10.1 Å². The van der Waals surface area contributed by atoms with E-state index < -0.39 is 17.2 Å². The molecule has 222 valence electrons. The molecule has 0 aliphatic carbocycles. The van der Waals surface area contributed by atoms with Crippen LogP contribution in [0.25, 0.3) is 22.5 Å². The first-order chi connectivity index (χ1) is 20.4. The molecule has 1 N–H and O–H groups in total. The molecule has 4 rings (SSSR count). The molecule has 2 heterocycles. The van der Waals surface area contributed by atoms with Crippen molar-refractivity contribution in [3.8, 4) is 22.5 Å². The van der Waals surface area contributed by atoms with Crippen LogP contribution in [-0.2, 0) is 33.9 Å². The molecule has 2 aromatic heterocycles. The number of ether oxygens (including phenoxy) is 1. The molecule has 0 unspecified atom stereocenters. The molecule has 0 spiro atoms. The van der Waals surface area contributed by atoms with E-state index in [0.29, 0.717) is 42.5 Å². The first-order valence-electron chi connectivity index (χ1n) is 14.0. The van der Waals surface area contributed by atoms with E-state index in [1.807, 2.05) is 41.0 Å². The number of esters is 1. The number of aromatic amines is 1. The number of nitrogens with one attached hydrogen (secondary N) is 1. The summed E-state index contributed by atoms with van der Waals surface area (Å²) < 4.78 is 7.57. The van der Waals surface area contributed by atoms with E-state index in [-0.39, 0.29) is 13.0 Å². The number of carbonyl (C=O) groups excluding carboxylic acids is 1. The van der Waals surface area contributed by atoms with Gasteiger partial charge in [-0.25, -0.2) is 10.1 Å². The van der Waals surface area contributed by atoms with Gasteiger partial charge in [-0.2, -0.15) is 0 Å². The minimum atomic E-state index is -0.797. The average Bonchev–Trinajstić information content (AvgIpc) is 3.63. The van der Waals surface area contributed by atoms with Gasteiger partial charge in [-0.15, -0.1) is 15.2 Å². The Morgan fingerprint density at radius 1 is 1.12 bits per heavy atom. The number of aryl methyl sites for hydroxylation is 1. The van der Waals surface area contributed by atoms with E-state index in [1.165, 1.54) is 0 Å². The van der Waals surface area contributed by atoms with Crippen molar-refractivity contribution < 1.29 is 19.5 Å². The maximum absolute atomic E-state index is 12.5. The monoisotopic (exact) mass is 595 g/mol. The Bertz CT molecular complexity index is 1460. The number of halogens is 1. The van der Waals surface area contributed by atoms with E-state index in [0.717, 1.165) is 47.3 Å². The largest absolute Gasteiger partial charge is 0.459 e. The highest BCUT2D eigenvalue weighted by atomic mass is 35.5. The SMILES string of the molecule is CCCCc1nc(Cl)c(COC(=O)CCC[C@@H](CC)O[N+](=O)[O-])n1Cc1ccc(-c2ccccc2-c2nnn[nH]2)cc1. The third-order valence-electron chi connectivity index (χ3n) is 6.96. The molecule has 2 aromatic carbocycles. The molecule has 42 heavy (non-hydrogen) atoms. The zero-order valence-corrected chi connectivity index (χ0v) is 24.4. The van der Waals surface area contributed by atoms with Crippen LogP contribution in [0.1, 0.15) is 69.5 Å². The number of hydrogen-bond donors (Lipinski definition) is 1. The van der Waals surface area contributed by atoms with Gasteiger partial charge in [0.2, 0.25) is 0 Å². The number of imidazole rings is 1. The first kappa shape index (κ1) is 30.6. The standard InChI is InChI=1S/C29H34ClN7O5/c1-3-5-12-26-31-28(30)25(19-41-27(38)13-8-9-22(4-2)42-37(39)40)36(26)18-20-14-16-21(17-15-20)23-10-6-7-11-24(23)29-32-34-35-33-29/h6-7,10-11,14-17,22H,3-5,8-9,12-13,18-19H2,1-2H3,(H,32,33,34,35)/t22-/m1/s1. The highest BCUT2D eigenvalue weighted by Gasteiger charge is 2.19. The minimum Gasteiger partial charge on any atom is -0.459 e. The maximum atomic E-state index is 12.5. The first-order valence-corrected chi connectivity index (χ1v) is 14.4. The van der Waals surface area contributed by atoms with Crippen molar-refractivity contribution in [3.05, 3.63) is 80.9 Å². The second kappa shape index (κ2) is 15.1. The van der Waals surface area contributed by atoms with E-state index in [2.05, 4.69) is 49.5 Å². The van der Waals surface area contributed by atoms with Crippen molar-refractivity contribution in [1.82, 2.24) is 30.2 Å². The van der Waals surface area contributed by atoms with Crippen LogP contribution in [-0.4, -0.2) is 47.3 Å². The molecule has 13 heteroatoms. The lowest BCUT2D eigenvalue weighted by Crippen LogP contribution is -2.17. The molecule has 0 saturated heterocycles. The summed E-state index contributed by atoms with van der Waals surface area (Å²) >= 11 is 6.54. The van der Waals surface area contributed by atoms with Crippen LogP contribution in [0.15, 0.2) is 48.5 Å². The Balaban J connectivity index is 1.46. The lowest BCUT2D eigenvalue weighted by Gasteiger charge is -2.14. The predicted molar refractivity (Wildman–Crippen MR) is 156 cm³/mol. The second-order valence-electron chi connectivity index (χ2n) is 9.86. The molecule has 1 atom stereocenters. The van der Waals surface area contributed by atoms with Crippen LogP contribution >= 0.6 is 11.6 Å². The third-order valence-corrected chi connectivity index (χ3v) is 7.26. The highest BCUT2D eigenvalue weighted by molar-refractivity contribution is 6.30. The minimum absolute atomic E-state index is 0.0178. The van der Waals surface area contributed by atoms with Crippen molar-refractivity contribution in [2.45, 2.75) is 78.0 Å². The van der Waals surface area contributed by atoms with Crippen molar-refractivity contribution in [3.63, 3.8) is 0 Å². The summed E-state index contributed by atoms with van der Waals surface area (Å²) in [7, 11) is 0.